The van der Waals surface area contributed by atoms with Crippen LogP contribution in [0.4, 0.5) is 5.69 Å². The van der Waals surface area contributed by atoms with Crippen molar-refractivity contribution in [2.24, 2.45) is 0 Å². The van der Waals surface area contributed by atoms with Crippen LogP contribution in [0.2, 0.25) is 0 Å². The number of anilines is 1. The second-order valence-corrected chi connectivity index (χ2v) is 4.84. The Morgan fingerprint density at radius 3 is 2.35 bits per heavy atom. The van der Waals surface area contributed by atoms with E-state index in [2.05, 4.69) is 17.5 Å². The number of rotatable bonds is 2. The first-order valence-electron chi connectivity index (χ1n) is 6.60. The van der Waals surface area contributed by atoms with E-state index in [0.717, 1.165) is 29.7 Å². The van der Waals surface area contributed by atoms with E-state index < -0.39 is 0 Å². The number of fused-ring (bicyclic) bond motifs is 1. The Morgan fingerprint density at radius 2 is 1.65 bits per heavy atom. The van der Waals surface area contributed by atoms with Crippen molar-refractivity contribution in [2.45, 2.75) is 12.8 Å². The summed E-state index contributed by atoms with van der Waals surface area (Å²) in [7, 11) is 0. The van der Waals surface area contributed by atoms with E-state index >= 15 is 0 Å². The zero-order valence-electron chi connectivity index (χ0n) is 11.0. The highest BCUT2D eigenvalue weighted by Crippen LogP contribution is 2.26. The van der Waals surface area contributed by atoms with Crippen LogP contribution in [0.15, 0.2) is 54.6 Å². The lowest BCUT2D eigenvalue weighted by molar-refractivity contribution is 0.102. The highest BCUT2D eigenvalue weighted by atomic mass is 16.3. The van der Waals surface area contributed by atoms with E-state index in [1.807, 2.05) is 30.3 Å². The largest absolute Gasteiger partial charge is 0.507 e. The molecule has 0 bridgehead atoms. The van der Waals surface area contributed by atoms with Gasteiger partial charge in [0.25, 0.3) is 5.91 Å². The fourth-order valence-corrected chi connectivity index (χ4v) is 2.38. The van der Waals surface area contributed by atoms with Crippen LogP contribution in [0.5, 0.6) is 5.75 Å². The van der Waals surface area contributed by atoms with Crippen LogP contribution in [-0.2, 0) is 12.8 Å². The molecule has 20 heavy (non-hydrogen) atoms. The van der Waals surface area contributed by atoms with Crippen molar-refractivity contribution in [3.8, 4) is 5.75 Å². The second kappa shape index (κ2) is 5.21. The van der Waals surface area contributed by atoms with Crippen molar-refractivity contribution in [1.29, 1.82) is 0 Å². The number of amides is 1. The Balaban J connectivity index is 1.89. The van der Waals surface area contributed by atoms with Gasteiger partial charge in [0, 0.05) is 5.69 Å². The van der Waals surface area contributed by atoms with Crippen LogP contribution in [0.25, 0.3) is 0 Å². The van der Waals surface area contributed by atoms with Crippen molar-refractivity contribution in [2.75, 3.05) is 5.32 Å². The quantitative estimate of drug-likeness (QED) is 0.818. The molecule has 1 aliphatic carbocycles. The molecule has 1 amide bonds. The van der Waals surface area contributed by atoms with E-state index in [-0.39, 0.29) is 11.7 Å². The molecule has 0 aliphatic heterocycles. The number of para-hydroxylation sites is 1. The predicted octanol–water partition coefficient (Wildman–Crippen LogP) is 3.30. The molecule has 100 valence electrons. The molecule has 0 heterocycles. The van der Waals surface area contributed by atoms with Gasteiger partial charge in [0.1, 0.15) is 5.75 Å². The Bertz CT molecular complexity index is 675. The number of allylic oxidation sites excluding steroid dienone is 2. The lowest BCUT2D eigenvalue weighted by atomic mass is 9.94. The average molecular weight is 265 g/mol. The number of hydrogen-bond donors (Lipinski definition) is 2. The van der Waals surface area contributed by atoms with Gasteiger partial charge in [-0.3, -0.25) is 4.79 Å². The van der Waals surface area contributed by atoms with E-state index in [4.69, 9.17) is 0 Å². The molecule has 0 fully saturated rings. The van der Waals surface area contributed by atoms with Gasteiger partial charge < -0.3 is 10.4 Å². The first-order chi connectivity index (χ1) is 9.74. The first-order valence-corrected chi connectivity index (χ1v) is 6.60. The summed E-state index contributed by atoms with van der Waals surface area (Å²) in [5, 5.41) is 12.8. The second-order valence-electron chi connectivity index (χ2n) is 4.84. The lowest BCUT2D eigenvalue weighted by Crippen LogP contribution is -2.13. The Hall–Kier alpha value is -2.55. The zero-order chi connectivity index (χ0) is 13.9. The maximum absolute atomic E-state index is 12.2. The number of phenolic OH excluding ortho intramolecular Hbond substituents is 1. The van der Waals surface area contributed by atoms with Crippen LogP contribution in [-0.4, -0.2) is 11.0 Å². The minimum absolute atomic E-state index is 0.0347. The molecule has 0 aromatic heterocycles. The Morgan fingerprint density at radius 1 is 1.00 bits per heavy atom. The maximum atomic E-state index is 12.2. The fraction of sp³-hybridized carbons (Fsp3) is 0.118. The fourth-order valence-electron chi connectivity index (χ4n) is 2.38. The monoisotopic (exact) mass is 265 g/mol. The summed E-state index contributed by atoms with van der Waals surface area (Å²) in [5.41, 5.74) is 3.22. The van der Waals surface area contributed by atoms with Crippen molar-refractivity contribution < 1.29 is 9.90 Å². The molecule has 2 aromatic carbocycles. The predicted molar refractivity (Wildman–Crippen MR) is 79.1 cm³/mol. The zero-order valence-corrected chi connectivity index (χ0v) is 11.0. The summed E-state index contributed by atoms with van der Waals surface area (Å²) in [5.74, 6) is -0.251. The third kappa shape index (κ3) is 2.43. The number of hydrogen-bond acceptors (Lipinski definition) is 2. The molecule has 0 saturated carbocycles. The molecule has 2 N–H and O–H groups in total. The van der Waals surface area contributed by atoms with Crippen LogP contribution < -0.4 is 5.32 Å². The number of benzene rings is 2. The van der Waals surface area contributed by atoms with Gasteiger partial charge in [-0.25, -0.2) is 0 Å². The van der Waals surface area contributed by atoms with Crippen LogP contribution in [0, 0.1) is 0 Å². The van der Waals surface area contributed by atoms with Gasteiger partial charge in [0.2, 0.25) is 0 Å². The SMILES string of the molecule is O=C(Nc1ccccc1)c1cc2c(cc1O)CC=CC2. The minimum Gasteiger partial charge on any atom is -0.507 e. The third-order valence-corrected chi connectivity index (χ3v) is 3.44. The minimum atomic E-state index is -0.286. The third-order valence-electron chi connectivity index (χ3n) is 3.44. The van der Waals surface area contributed by atoms with Gasteiger partial charge in [-0.2, -0.15) is 0 Å². The van der Waals surface area contributed by atoms with Crippen molar-refractivity contribution in [1.82, 2.24) is 0 Å². The maximum Gasteiger partial charge on any atom is 0.259 e. The molecule has 0 unspecified atom stereocenters. The van der Waals surface area contributed by atoms with Gasteiger partial charge in [-0.05, 0) is 48.2 Å². The summed E-state index contributed by atoms with van der Waals surface area (Å²) >= 11 is 0. The standard InChI is InChI=1S/C17H15NO2/c19-16-11-13-7-5-4-6-12(13)10-15(16)17(20)18-14-8-2-1-3-9-14/h1-5,8-11,19H,6-7H2,(H,18,20). The molecule has 1 aliphatic rings. The number of aromatic hydroxyl groups is 1. The molecule has 3 rings (SSSR count). The molecule has 3 nitrogen and oxygen atoms in total. The van der Waals surface area contributed by atoms with Gasteiger partial charge >= 0.3 is 0 Å². The van der Waals surface area contributed by atoms with E-state index in [9.17, 15) is 9.90 Å². The average Bonchev–Trinajstić information content (AvgIpc) is 2.47. The number of phenols is 1. The van der Waals surface area contributed by atoms with Gasteiger partial charge in [0.05, 0.1) is 5.56 Å². The van der Waals surface area contributed by atoms with Crippen molar-refractivity contribution in [3.05, 3.63) is 71.3 Å². The molecule has 0 atom stereocenters. The van der Waals surface area contributed by atoms with Crippen molar-refractivity contribution >= 4 is 11.6 Å². The molecule has 3 heteroatoms. The van der Waals surface area contributed by atoms with E-state index in [1.54, 1.807) is 12.1 Å². The Labute approximate surface area is 117 Å². The molecule has 0 saturated heterocycles. The van der Waals surface area contributed by atoms with Gasteiger partial charge in [-0.15, -0.1) is 0 Å². The topological polar surface area (TPSA) is 49.3 Å². The van der Waals surface area contributed by atoms with E-state index in [1.165, 1.54) is 0 Å². The highest BCUT2D eigenvalue weighted by molar-refractivity contribution is 6.06. The molecule has 0 spiro atoms. The highest BCUT2D eigenvalue weighted by Gasteiger charge is 2.16. The van der Waals surface area contributed by atoms with E-state index in [0.29, 0.717) is 5.56 Å². The number of nitrogens with one attached hydrogen (secondary N) is 1. The summed E-state index contributed by atoms with van der Waals surface area (Å²) < 4.78 is 0. The normalized spacial score (nSPS) is 12.8. The summed E-state index contributed by atoms with van der Waals surface area (Å²) in [6.07, 6.45) is 5.77. The first kappa shape index (κ1) is 12.5. The summed E-state index contributed by atoms with van der Waals surface area (Å²) in [6, 6.07) is 12.7. The van der Waals surface area contributed by atoms with Gasteiger partial charge in [0.15, 0.2) is 0 Å². The van der Waals surface area contributed by atoms with Crippen LogP contribution in [0.1, 0.15) is 21.5 Å². The number of carbonyl (C=O) groups excluding carboxylic acids is 1. The number of carbonyl (C=O) groups is 1. The molecule has 2 aromatic rings. The van der Waals surface area contributed by atoms with Crippen LogP contribution >= 0.6 is 0 Å². The van der Waals surface area contributed by atoms with Crippen LogP contribution in [0.3, 0.4) is 0 Å². The molecular weight excluding hydrogens is 250 g/mol. The smallest absolute Gasteiger partial charge is 0.259 e. The Kier molecular flexibility index (Phi) is 3.25. The lowest BCUT2D eigenvalue weighted by Gasteiger charge is -2.14. The summed E-state index contributed by atoms with van der Waals surface area (Å²) in [6.45, 7) is 0. The van der Waals surface area contributed by atoms with Crippen molar-refractivity contribution in [3.63, 3.8) is 0 Å². The van der Waals surface area contributed by atoms with Gasteiger partial charge in [-0.1, -0.05) is 30.4 Å². The molecule has 0 radical (unpaired) electrons. The molecular formula is C17H15NO2. The summed E-state index contributed by atoms with van der Waals surface area (Å²) in [4.78, 5) is 12.2.